The van der Waals surface area contributed by atoms with Crippen molar-refractivity contribution in [1.29, 1.82) is 0 Å². The largest absolute Gasteiger partial charge is 0.372 e. The summed E-state index contributed by atoms with van der Waals surface area (Å²) in [4.78, 5) is 11.7. The van der Waals surface area contributed by atoms with E-state index in [-0.39, 0.29) is 5.69 Å². The van der Waals surface area contributed by atoms with Gasteiger partial charge < -0.3 is 10.6 Å². The number of anilines is 2. The van der Waals surface area contributed by atoms with E-state index in [0.717, 1.165) is 0 Å². The van der Waals surface area contributed by atoms with Crippen molar-refractivity contribution < 1.29 is 18.0 Å². The first-order valence-corrected chi connectivity index (χ1v) is 5.48. The molecule has 0 unspecified atom stereocenters. The van der Waals surface area contributed by atoms with Gasteiger partial charge in [0.2, 0.25) is 0 Å². The molecule has 5 nitrogen and oxygen atoms in total. The topological polar surface area (TPSA) is 66.9 Å². The molecule has 104 valence electrons. The van der Waals surface area contributed by atoms with Gasteiger partial charge in [0.25, 0.3) is 5.91 Å². The molecule has 0 saturated heterocycles. The quantitative estimate of drug-likeness (QED) is 0.847. The minimum Gasteiger partial charge on any atom is -0.372 e. The molecule has 20 heavy (non-hydrogen) atoms. The minimum absolute atomic E-state index is 0.118. The van der Waals surface area contributed by atoms with E-state index in [9.17, 15) is 18.0 Å². The van der Waals surface area contributed by atoms with E-state index in [2.05, 4.69) is 15.5 Å². The predicted octanol–water partition coefficient (Wildman–Crippen LogP) is 2.19. The van der Waals surface area contributed by atoms with Gasteiger partial charge in [0.1, 0.15) is 11.6 Å². The SMILES string of the molecule is CNc1ccc(C(=O)Nc2cc(F)cc(F)c2F)nn1. The van der Waals surface area contributed by atoms with Crippen LogP contribution in [0.5, 0.6) is 0 Å². The first-order chi connectivity index (χ1) is 9.51. The average Bonchev–Trinajstić information content (AvgIpc) is 2.44. The van der Waals surface area contributed by atoms with Gasteiger partial charge >= 0.3 is 0 Å². The molecule has 8 heteroatoms. The highest BCUT2D eigenvalue weighted by atomic mass is 19.2. The highest BCUT2D eigenvalue weighted by Crippen LogP contribution is 2.19. The van der Waals surface area contributed by atoms with Crippen LogP contribution in [0.1, 0.15) is 10.5 Å². The number of carbonyl (C=O) groups is 1. The summed E-state index contributed by atoms with van der Waals surface area (Å²) in [7, 11) is 1.62. The van der Waals surface area contributed by atoms with Crippen molar-refractivity contribution in [2.45, 2.75) is 0 Å². The molecule has 2 N–H and O–H groups in total. The fourth-order valence-electron chi connectivity index (χ4n) is 1.42. The molecule has 0 aliphatic heterocycles. The monoisotopic (exact) mass is 282 g/mol. The first-order valence-electron chi connectivity index (χ1n) is 5.48. The second kappa shape index (κ2) is 5.55. The lowest BCUT2D eigenvalue weighted by Crippen LogP contribution is -2.16. The van der Waals surface area contributed by atoms with E-state index >= 15 is 0 Å². The number of hydrogen-bond acceptors (Lipinski definition) is 4. The van der Waals surface area contributed by atoms with Crippen LogP contribution in [0.15, 0.2) is 24.3 Å². The Kier molecular flexibility index (Phi) is 3.83. The van der Waals surface area contributed by atoms with Crippen LogP contribution < -0.4 is 10.6 Å². The van der Waals surface area contributed by atoms with Crippen LogP contribution in [-0.4, -0.2) is 23.2 Å². The van der Waals surface area contributed by atoms with E-state index in [1.807, 2.05) is 5.32 Å². The summed E-state index contributed by atoms with van der Waals surface area (Å²) in [5.41, 5.74) is -0.722. The first kappa shape index (κ1) is 13.8. The molecule has 2 aromatic rings. The van der Waals surface area contributed by atoms with Crippen molar-refractivity contribution in [3.05, 3.63) is 47.4 Å². The fourth-order valence-corrected chi connectivity index (χ4v) is 1.42. The number of nitrogens with zero attached hydrogens (tertiary/aromatic N) is 2. The van der Waals surface area contributed by atoms with Crippen molar-refractivity contribution in [2.75, 3.05) is 17.7 Å². The molecular formula is C12H9F3N4O. The second-order valence-electron chi connectivity index (χ2n) is 3.76. The third kappa shape index (κ3) is 2.85. The molecule has 1 heterocycles. The Bertz CT molecular complexity index is 646. The Morgan fingerprint density at radius 2 is 1.90 bits per heavy atom. The number of carbonyl (C=O) groups excluding carboxylic acids is 1. The number of nitrogens with one attached hydrogen (secondary N) is 2. The molecule has 1 aromatic heterocycles. The lowest BCUT2D eigenvalue weighted by Gasteiger charge is -2.06. The highest BCUT2D eigenvalue weighted by molar-refractivity contribution is 6.02. The standard InChI is InChI=1S/C12H9F3N4O/c1-16-10-3-2-8(18-19-10)12(20)17-9-5-6(13)4-7(14)11(9)15/h2-5H,1H3,(H,16,19)(H,17,20). The van der Waals surface area contributed by atoms with Gasteiger partial charge in [0.15, 0.2) is 17.3 Å². The molecule has 0 bridgehead atoms. The minimum atomic E-state index is -1.39. The van der Waals surface area contributed by atoms with Gasteiger partial charge in [-0.3, -0.25) is 4.79 Å². The maximum Gasteiger partial charge on any atom is 0.276 e. The van der Waals surface area contributed by atoms with Gasteiger partial charge in [0.05, 0.1) is 5.69 Å². The number of hydrogen-bond donors (Lipinski definition) is 2. The number of rotatable bonds is 3. The van der Waals surface area contributed by atoms with Crippen LogP contribution in [-0.2, 0) is 0 Å². The van der Waals surface area contributed by atoms with Crippen molar-refractivity contribution >= 4 is 17.4 Å². The van der Waals surface area contributed by atoms with E-state index in [4.69, 9.17) is 0 Å². The van der Waals surface area contributed by atoms with Crippen molar-refractivity contribution in [2.24, 2.45) is 0 Å². The zero-order chi connectivity index (χ0) is 14.7. The van der Waals surface area contributed by atoms with Crippen LogP contribution in [0.3, 0.4) is 0 Å². The average molecular weight is 282 g/mol. The fraction of sp³-hybridized carbons (Fsp3) is 0.0833. The third-order valence-corrected chi connectivity index (χ3v) is 2.39. The van der Waals surface area contributed by atoms with E-state index in [0.29, 0.717) is 18.0 Å². The molecule has 2 rings (SSSR count). The number of aromatic nitrogens is 2. The van der Waals surface area contributed by atoms with Crippen LogP contribution in [0, 0.1) is 17.5 Å². The molecule has 1 aromatic carbocycles. The van der Waals surface area contributed by atoms with Crippen molar-refractivity contribution in [1.82, 2.24) is 10.2 Å². The Morgan fingerprint density at radius 1 is 1.15 bits per heavy atom. The molecule has 0 fully saturated rings. The number of amides is 1. The van der Waals surface area contributed by atoms with Crippen LogP contribution >= 0.6 is 0 Å². The van der Waals surface area contributed by atoms with Crippen LogP contribution in [0.2, 0.25) is 0 Å². The molecule has 0 saturated carbocycles. The summed E-state index contributed by atoms with van der Waals surface area (Å²) in [5.74, 6) is -4.14. The Morgan fingerprint density at radius 3 is 2.50 bits per heavy atom. The van der Waals surface area contributed by atoms with Gasteiger partial charge in [0, 0.05) is 19.2 Å². The highest BCUT2D eigenvalue weighted by Gasteiger charge is 2.15. The number of benzene rings is 1. The van der Waals surface area contributed by atoms with Gasteiger partial charge in [-0.05, 0) is 12.1 Å². The van der Waals surface area contributed by atoms with E-state index in [1.165, 1.54) is 12.1 Å². The second-order valence-corrected chi connectivity index (χ2v) is 3.76. The number of halogens is 3. The van der Waals surface area contributed by atoms with Gasteiger partial charge in [-0.2, -0.15) is 0 Å². The van der Waals surface area contributed by atoms with Gasteiger partial charge in [-0.25, -0.2) is 13.2 Å². The normalized spacial score (nSPS) is 10.2. The molecule has 0 spiro atoms. The van der Waals surface area contributed by atoms with Crippen molar-refractivity contribution in [3.8, 4) is 0 Å². The van der Waals surface area contributed by atoms with Gasteiger partial charge in [-0.1, -0.05) is 0 Å². The Balaban J connectivity index is 2.23. The van der Waals surface area contributed by atoms with E-state index < -0.39 is 29.0 Å². The summed E-state index contributed by atoms with van der Waals surface area (Å²) >= 11 is 0. The van der Waals surface area contributed by atoms with Crippen LogP contribution in [0.4, 0.5) is 24.7 Å². The maximum atomic E-state index is 13.4. The molecule has 0 radical (unpaired) electrons. The molecule has 0 atom stereocenters. The summed E-state index contributed by atoms with van der Waals surface area (Å²) in [5, 5.41) is 12.0. The molecule has 0 aliphatic rings. The van der Waals surface area contributed by atoms with Crippen molar-refractivity contribution in [3.63, 3.8) is 0 Å². The lowest BCUT2D eigenvalue weighted by atomic mass is 10.2. The summed E-state index contributed by atoms with van der Waals surface area (Å²) in [6, 6.07) is 3.87. The summed E-state index contributed by atoms with van der Waals surface area (Å²) in [6.07, 6.45) is 0. The van der Waals surface area contributed by atoms with E-state index in [1.54, 1.807) is 7.05 Å². The molecule has 1 amide bonds. The van der Waals surface area contributed by atoms with Crippen LogP contribution in [0.25, 0.3) is 0 Å². The Labute approximate surface area is 111 Å². The maximum absolute atomic E-state index is 13.4. The smallest absolute Gasteiger partial charge is 0.276 e. The summed E-state index contributed by atoms with van der Waals surface area (Å²) < 4.78 is 39.3. The lowest BCUT2D eigenvalue weighted by molar-refractivity contribution is 0.102. The Hall–Kier alpha value is -2.64. The molecular weight excluding hydrogens is 273 g/mol. The zero-order valence-corrected chi connectivity index (χ0v) is 10.2. The third-order valence-electron chi connectivity index (χ3n) is 2.39. The molecule has 0 aliphatic carbocycles. The zero-order valence-electron chi connectivity index (χ0n) is 10.2. The summed E-state index contributed by atoms with van der Waals surface area (Å²) in [6.45, 7) is 0. The van der Waals surface area contributed by atoms with Gasteiger partial charge in [-0.15, -0.1) is 10.2 Å². The predicted molar refractivity (Wildman–Crippen MR) is 65.8 cm³/mol.